The Kier molecular flexibility index (Phi) is 3.90. The molecule has 1 aromatic rings. The summed E-state index contributed by atoms with van der Waals surface area (Å²) in [6.45, 7) is 0.0670. The van der Waals surface area contributed by atoms with Crippen LogP contribution < -0.4 is 10.6 Å². The quantitative estimate of drug-likeness (QED) is 0.807. The van der Waals surface area contributed by atoms with Crippen molar-refractivity contribution >= 4 is 12.2 Å². The molecule has 0 aromatic heterocycles. The first-order chi connectivity index (χ1) is 9.04. The molecule has 102 valence electrons. The third-order valence-corrected chi connectivity index (χ3v) is 3.16. The van der Waals surface area contributed by atoms with E-state index in [1.807, 2.05) is 0 Å². The van der Waals surface area contributed by atoms with Crippen LogP contribution in [0.1, 0.15) is 27.1 Å². The van der Waals surface area contributed by atoms with Crippen molar-refractivity contribution in [1.29, 1.82) is 0 Å². The van der Waals surface area contributed by atoms with Gasteiger partial charge in [0.05, 0.1) is 6.04 Å². The van der Waals surface area contributed by atoms with Crippen molar-refractivity contribution in [2.24, 2.45) is 0 Å². The maximum absolute atomic E-state index is 13.3. The molecule has 1 amide bonds. The number of rotatable bonds is 4. The lowest BCUT2D eigenvalue weighted by atomic mass is 10.1. The number of hydrogen-bond acceptors (Lipinski definition) is 3. The summed E-state index contributed by atoms with van der Waals surface area (Å²) in [5.41, 5.74) is 0.435. The van der Waals surface area contributed by atoms with Crippen LogP contribution in [0.25, 0.3) is 0 Å². The zero-order valence-electron chi connectivity index (χ0n) is 10.2. The van der Waals surface area contributed by atoms with E-state index >= 15 is 0 Å². The van der Waals surface area contributed by atoms with Crippen molar-refractivity contribution in [3.05, 3.63) is 35.4 Å². The Balaban J connectivity index is 2.00. The van der Waals surface area contributed by atoms with Crippen LogP contribution in [0.4, 0.5) is 8.78 Å². The summed E-state index contributed by atoms with van der Waals surface area (Å²) >= 11 is 0. The molecule has 0 saturated carbocycles. The summed E-state index contributed by atoms with van der Waals surface area (Å²) < 4.78 is 26.7. The highest BCUT2D eigenvalue weighted by Gasteiger charge is 2.43. The fourth-order valence-electron chi connectivity index (χ4n) is 2.05. The Morgan fingerprint density at radius 3 is 2.84 bits per heavy atom. The summed E-state index contributed by atoms with van der Waals surface area (Å²) in [4.78, 5) is 22.6. The van der Waals surface area contributed by atoms with Gasteiger partial charge in [0.2, 0.25) is 0 Å². The lowest BCUT2D eigenvalue weighted by molar-refractivity contribution is -0.00990. The highest BCUT2D eigenvalue weighted by molar-refractivity contribution is 6.01. The largest absolute Gasteiger partial charge is 0.350 e. The Bertz CT molecular complexity index is 491. The zero-order valence-corrected chi connectivity index (χ0v) is 10.2. The number of aldehydes is 1. The third kappa shape index (κ3) is 2.96. The van der Waals surface area contributed by atoms with Crippen molar-refractivity contribution in [2.45, 2.75) is 18.4 Å². The fourth-order valence-corrected chi connectivity index (χ4v) is 2.05. The SMILES string of the molecule is O=Cc1ccccc1C(=O)NC[C@H]1NCCC1(F)F. The first-order valence-corrected chi connectivity index (χ1v) is 5.98. The topological polar surface area (TPSA) is 58.2 Å². The number of carbonyl (C=O) groups excluding carboxylic acids is 2. The van der Waals surface area contributed by atoms with E-state index in [1.54, 1.807) is 12.1 Å². The summed E-state index contributed by atoms with van der Waals surface area (Å²) in [7, 11) is 0. The highest BCUT2D eigenvalue weighted by Crippen LogP contribution is 2.26. The number of halogens is 2. The minimum Gasteiger partial charge on any atom is -0.350 e. The summed E-state index contributed by atoms with van der Waals surface area (Å²) in [6, 6.07) is 5.18. The average molecular weight is 268 g/mol. The first kappa shape index (κ1) is 13.6. The summed E-state index contributed by atoms with van der Waals surface area (Å²) in [5.74, 6) is -3.33. The lowest BCUT2D eigenvalue weighted by Crippen LogP contribution is -2.45. The van der Waals surface area contributed by atoms with Gasteiger partial charge in [-0.05, 0) is 6.07 Å². The van der Waals surface area contributed by atoms with Gasteiger partial charge in [0.1, 0.15) is 0 Å². The molecule has 1 heterocycles. The van der Waals surface area contributed by atoms with Gasteiger partial charge in [-0.1, -0.05) is 18.2 Å². The van der Waals surface area contributed by atoms with Crippen molar-refractivity contribution in [2.75, 3.05) is 13.1 Å². The minimum atomic E-state index is -2.81. The molecule has 2 rings (SSSR count). The van der Waals surface area contributed by atoms with Gasteiger partial charge in [0.25, 0.3) is 11.8 Å². The zero-order chi connectivity index (χ0) is 13.9. The predicted molar refractivity (Wildman–Crippen MR) is 65.5 cm³/mol. The van der Waals surface area contributed by atoms with Gasteiger partial charge in [-0.25, -0.2) is 8.78 Å². The molecule has 1 aliphatic rings. The number of amides is 1. The lowest BCUT2D eigenvalue weighted by Gasteiger charge is -2.19. The standard InChI is InChI=1S/C13H14F2N2O2/c14-13(15)5-6-16-11(13)7-17-12(19)10-4-2-1-3-9(10)8-18/h1-4,8,11,16H,5-7H2,(H,17,19)/t11-/m1/s1. The van der Waals surface area contributed by atoms with E-state index in [0.717, 1.165) is 0 Å². The van der Waals surface area contributed by atoms with Crippen molar-refractivity contribution in [1.82, 2.24) is 10.6 Å². The molecule has 19 heavy (non-hydrogen) atoms. The number of benzene rings is 1. The van der Waals surface area contributed by atoms with Crippen LogP contribution in [0.5, 0.6) is 0 Å². The van der Waals surface area contributed by atoms with Crippen LogP contribution in [0, 0.1) is 0 Å². The Morgan fingerprint density at radius 2 is 2.21 bits per heavy atom. The highest BCUT2D eigenvalue weighted by atomic mass is 19.3. The van der Waals surface area contributed by atoms with Crippen LogP contribution in [0.15, 0.2) is 24.3 Å². The summed E-state index contributed by atoms with van der Waals surface area (Å²) in [5, 5.41) is 5.08. The minimum absolute atomic E-state index is 0.168. The van der Waals surface area contributed by atoms with Crippen molar-refractivity contribution in [3.8, 4) is 0 Å². The van der Waals surface area contributed by atoms with Crippen molar-refractivity contribution in [3.63, 3.8) is 0 Å². The average Bonchev–Trinajstić information content (AvgIpc) is 2.75. The van der Waals surface area contributed by atoms with Crippen LogP contribution in [-0.4, -0.2) is 37.2 Å². The van der Waals surface area contributed by atoms with E-state index in [1.165, 1.54) is 12.1 Å². The van der Waals surface area contributed by atoms with Gasteiger partial charge in [0, 0.05) is 30.6 Å². The number of alkyl halides is 2. The van der Waals surface area contributed by atoms with Crippen LogP contribution in [-0.2, 0) is 0 Å². The number of nitrogens with one attached hydrogen (secondary N) is 2. The van der Waals surface area contributed by atoms with E-state index in [4.69, 9.17) is 0 Å². The maximum atomic E-state index is 13.3. The molecule has 1 atom stereocenters. The van der Waals surface area contributed by atoms with Gasteiger partial charge in [-0.15, -0.1) is 0 Å². The van der Waals surface area contributed by atoms with E-state index in [9.17, 15) is 18.4 Å². The third-order valence-electron chi connectivity index (χ3n) is 3.16. The molecule has 0 radical (unpaired) electrons. The van der Waals surface area contributed by atoms with Gasteiger partial charge < -0.3 is 10.6 Å². The second kappa shape index (κ2) is 5.44. The fraction of sp³-hybridized carbons (Fsp3) is 0.385. The van der Waals surface area contributed by atoms with Gasteiger partial charge in [-0.3, -0.25) is 9.59 Å². The monoisotopic (exact) mass is 268 g/mol. The molecule has 2 N–H and O–H groups in total. The number of carbonyl (C=O) groups is 2. The second-order valence-corrected chi connectivity index (χ2v) is 4.43. The molecule has 6 heteroatoms. The van der Waals surface area contributed by atoms with E-state index in [-0.39, 0.29) is 30.6 Å². The Labute approximate surface area is 109 Å². The van der Waals surface area contributed by atoms with Gasteiger partial charge in [0.15, 0.2) is 6.29 Å². The molecule has 1 aromatic carbocycles. The first-order valence-electron chi connectivity index (χ1n) is 5.98. The molecule has 4 nitrogen and oxygen atoms in total. The second-order valence-electron chi connectivity index (χ2n) is 4.43. The molecule has 0 unspecified atom stereocenters. The molecule has 0 spiro atoms. The van der Waals surface area contributed by atoms with Crippen LogP contribution in [0.2, 0.25) is 0 Å². The molecule has 0 bridgehead atoms. The van der Waals surface area contributed by atoms with Gasteiger partial charge in [-0.2, -0.15) is 0 Å². The molecule has 1 aliphatic heterocycles. The molecule has 0 aliphatic carbocycles. The Morgan fingerprint density at radius 1 is 1.47 bits per heavy atom. The number of hydrogen-bond donors (Lipinski definition) is 2. The normalized spacial score (nSPS) is 21.1. The van der Waals surface area contributed by atoms with Crippen LogP contribution in [0.3, 0.4) is 0 Å². The van der Waals surface area contributed by atoms with Crippen LogP contribution >= 0.6 is 0 Å². The smallest absolute Gasteiger partial charge is 0.266 e. The maximum Gasteiger partial charge on any atom is 0.266 e. The Hall–Kier alpha value is -1.82. The van der Waals surface area contributed by atoms with E-state index < -0.39 is 17.9 Å². The molecule has 1 saturated heterocycles. The molecule has 1 fully saturated rings. The van der Waals surface area contributed by atoms with Gasteiger partial charge >= 0.3 is 0 Å². The summed E-state index contributed by atoms with van der Waals surface area (Å²) in [6.07, 6.45) is 0.343. The molecular formula is C13H14F2N2O2. The predicted octanol–water partition coefficient (Wildman–Crippen LogP) is 1.23. The van der Waals surface area contributed by atoms with E-state index in [0.29, 0.717) is 6.29 Å². The molecular weight excluding hydrogens is 254 g/mol. The van der Waals surface area contributed by atoms with Crippen molar-refractivity contribution < 1.29 is 18.4 Å². The van der Waals surface area contributed by atoms with E-state index in [2.05, 4.69) is 10.6 Å².